The first-order valence-electron chi connectivity index (χ1n) is 7.19. The molecule has 0 atom stereocenters. The molecule has 124 valence electrons. The van der Waals surface area contributed by atoms with Crippen LogP contribution in [0.25, 0.3) is 0 Å². The standard InChI is InChI=1S/C19H15Cl3P.ClH/c20-19(21,22)23(16-10-4-1-5-11-16,17-12-6-2-7-13-17)18-14-8-3-9-15-18;/h1-15H;1H/q+1;/p-1. The summed E-state index contributed by atoms with van der Waals surface area (Å²) in [5, 5.41) is 3.16. The number of alkyl halides is 3. The average molecular weight is 416 g/mol. The van der Waals surface area contributed by atoms with Gasteiger partial charge in [0.15, 0.2) is 7.26 Å². The molecule has 0 aliphatic carbocycles. The van der Waals surface area contributed by atoms with Crippen molar-refractivity contribution in [2.24, 2.45) is 0 Å². The van der Waals surface area contributed by atoms with Gasteiger partial charge in [-0.15, -0.1) is 0 Å². The summed E-state index contributed by atoms with van der Waals surface area (Å²) in [5.74, 6) is 0. The van der Waals surface area contributed by atoms with Gasteiger partial charge in [0.2, 0.25) is 0 Å². The van der Waals surface area contributed by atoms with Crippen LogP contribution in [0.3, 0.4) is 0 Å². The zero-order valence-electron chi connectivity index (χ0n) is 12.6. The lowest BCUT2D eigenvalue weighted by molar-refractivity contribution is -0.00000416. The molecule has 0 N–H and O–H groups in total. The second-order valence-electron chi connectivity index (χ2n) is 5.15. The van der Waals surface area contributed by atoms with Crippen molar-refractivity contribution in [3.8, 4) is 0 Å². The Kier molecular flexibility index (Phi) is 6.59. The highest BCUT2D eigenvalue weighted by atomic mass is 35.6. The molecule has 0 aromatic heterocycles. The second kappa shape index (κ2) is 8.09. The Bertz CT molecular complexity index is 659. The lowest BCUT2D eigenvalue weighted by Gasteiger charge is -2.32. The molecule has 0 fully saturated rings. The van der Waals surface area contributed by atoms with Gasteiger partial charge in [0.05, 0.1) is 0 Å². The maximum absolute atomic E-state index is 6.64. The maximum atomic E-state index is 6.64. The normalized spacial score (nSPS) is 11.6. The van der Waals surface area contributed by atoms with Crippen molar-refractivity contribution in [2.75, 3.05) is 0 Å². The highest BCUT2D eigenvalue weighted by Crippen LogP contribution is 2.71. The van der Waals surface area contributed by atoms with Crippen molar-refractivity contribution in [1.82, 2.24) is 0 Å². The molecule has 3 aromatic rings. The van der Waals surface area contributed by atoms with Gasteiger partial charge < -0.3 is 12.4 Å². The molecule has 0 bridgehead atoms. The van der Waals surface area contributed by atoms with Gasteiger partial charge in [0.1, 0.15) is 15.9 Å². The second-order valence-corrected chi connectivity index (χ2v) is 11.8. The molecule has 0 aliphatic rings. The highest BCUT2D eigenvalue weighted by Gasteiger charge is 2.61. The molecule has 0 saturated heterocycles. The zero-order chi connectivity index (χ0) is 16.3. The number of hydrogen-bond donors (Lipinski definition) is 0. The predicted molar refractivity (Wildman–Crippen MR) is 105 cm³/mol. The van der Waals surface area contributed by atoms with E-state index in [0.29, 0.717) is 0 Å². The summed E-state index contributed by atoms with van der Waals surface area (Å²) >= 11 is 19.9. The Morgan fingerprint density at radius 1 is 0.500 bits per heavy atom. The fourth-order valence-electron chi connectivity index (χ4n) is 2.84. The van der Waals surface area contributed by atoms with E-state index in [-0.39, 0.29) is 12.4 Å². The van der Waals surface area contributed by atoms with Crippen LogP contribution in [0.15, 0.2) is 91.0 Å². The SMILES string of the molecule is ClC(Cl)(Cl)[P+](c1ccccc1)(c1ccccc1)c1ccccc1.[Cl-]. The molecular formula is C19H15Cl4P. The van der Waals surface area contributed by atoms with Crippen molar-refractivity contribution >= 4 is 58.0 Å². The molecule has 0 spiro atoms. The van der Waals surface area contributed by atoms with Gasteiger partial charge in [-0.3, -0.25) is 0 Å². The predicted octanol–water partition coefficient (Wildman–Crippen LogP) is 2.31. The van der Waals surface area contributed by atoms with Gasteiger partial charge in [-0.1, -0.05) is 54.6 Å². The van der Waals surface area contributed by atoms with E-state index in [2.05, 4.69) is 36.4 Å². The smallest absolute Gasteiger partial charge is 0.313 e. The Labute approximate surface area is 164 Å². The summed E-state index contributed by atoms with van der Waals surface area (Å²) in [6.07, 6.45) is 0. The molecule has 24 heavy (non-hydrogen) atoms. The van der Waals surface area contributed by atoms with E-state index in [1.165, 1.54) is 0 Å². The number of halogens is 4. The van der Waals surface area contributed by atoms with Crippen LogP contribution in [-0.4, -0.2) is 3.53 Å². The summed E-state index contributed by atoms with van der Waals surface area (Å²) in [7, 11) is -2.44. The van der Waals surface area contributed by atoms with E-state index in [1.54, 1.807) is 0 Å². The molecule has 3 aromatic carbocycles. The van der Waals surface area contributed by atoms with Crippen molar-refractivity contribution in [1.29, 1.82) is 0 Å². The van der Waals surface area contributed by atoms with E-state index in [4.69, 9.17) is 34.8 Å². The van der Waals surface area contributed by atoms with Gasteiger partial charge in [-0.25, -0.2) is 0 Å². The van der Waals surface area contributed by atoms with E-state index in [1.807, 2.05) is 54.6 Å². The van der Waals surface area contributed by atoms with Gasteiger partial charge >= 0.3 is 3.53 Å². The number of benzene rings is 3. The summed E-state index contributed by atoms with van der Waals surface area (Å²) < 4.78 is -1.45. The third-order valence-corrected chi connectivity index (χ3v) is 10.1. The molecule has 0 aliphatic heterocycles. The van der Waals surface area contributed by atoms with E-state index in [0.717, 1.165) is 15.9 Å². The van der Waals surface area contributed by atoms with Crippen LogP contribution in [0, 0.1) is 0 Å². The van der Waals surface area contributed by atoms with Crippen LogP contribution in [0.5, 0.6) is 0 Å². The Hall–Kier alpha value is -0.750. The van der Waals surface area contributed by atoms with Gasteiger partial charge in [0.25, 0.3) is 0 Å². The van der Waals surface area contributed by atoms with Crippen LogP contribution in [-0.2, 0) is 0 Å². The minimum atomic E-state index is -2.44. The van der Waals surface area contributed by atoms with Crippen LogP contribution in [0.2, 0.25) is 0 Å². The minimum absolute atomic E-state index is 0. The average Bonchev–Trinajstić information content (AvgIpc) is 2.57. The van der Waals surface area contributed by atoms with E-state index in [9.17, 15) is 0 Å². The van der Waals surface area contributed by atoms with Crippen LogP contribution in [0.4, 0.5) is 0 Å². The van der Waals surface area contributed by atoms with Crippen LogP contribution < -0.4 is 28.3 Å². The molecule has 0 nitrogen and oxygen atoms in total. The molecule has 0 amide bonds. The number of hydrogen-bond acceptors (Lipinski definition) is 0. The topological polar surface area (TPSA) is 0 Å². The maximum Gasteiger partial charge on any atom is 0.313 e. The first-order valence-corrected chi connectivity index (χ1v) is 10.1. The molecule has 5 heteroatoms. The summed E-state index contributed by atoms with van der Waals surface area (Å²) in [6.45, 7) is 0. The summed E-state index contributed by atoms with van der Waals surface area (Å²) in [5.41, 5.74) is 0. The molecule has 0 heterocycles. The van der Waals surface area contributed by atoms with Crippen molar-refractivity contribution in [3.05, 3.63) is 91.0 Å². The van der Waals surface area contributed by atoms with Crippen LogP contribution >= 0.6 is 42.1 Å². The molecule has 3 rings (SSSR count). The molecule has 0 unspecified atom stereocenters. The third kappa shape index (κ3) is 3.45. The quantitative estimate of drug-likeness (QED) is 0.455. The van der Waals surface area contributed by atoms with Crippen LogP contribution in [0.1, 0.15) is 0 Å². The fraction of sp³-hybridized carbons (Fsp3) is 0.0526. The summed E-state index contributed by atoms with van der Waals surface area (Å²) in [4.78, 5) is 0. The van der Waals surface area contributed by atoms with E-state index < -0.39 is 10.8 Å². The summed E-state index contributed by atoms with van der Waals surface area (Å²) in [6, 6.07) is 30.2. The Morgan fingerprint density at radius 2 is 0.750 bits per heavy atom. The minimum Gasteiger partial charge on any atom is -1.00 e. The monoisotopic (exact) mass is 414 g/mol. The lowest BCUT2D eigenvalue weighted by Crippen LogP contribution is -3.00. The first kappa shape index (κ1) is 19.6. The first-order chi connectivity index (χ1) is 11.1. The zero-order valence-corrected chi connectivity index (χ0v) is 16.5. The fourth-order valence-corrected chi connectivity index (χ4v) is 9.11. The van der Waals surface area contributed by atoms with Crippen molar-refractivity contribution < 1.29 is 12.4 Å². The van der Waals surface area contributed by atoms with Crippen molar-refractivity contribution in [3.63, 3.8) is 0 Å². The molecule has 0 saturated carbocycles. The highest BCUT2D eigenvalue weighted by molar-refractivity contribution is 8.00. The van der Waals surface area contributed by atoms with Gasteiger partial charge in [-0.2, -0.15) is 0 Å². The largest absolute Gasteiger partial charge is 1.00 e. The van der Waals surface area contributed by atoms with Gasteiger partial charge in [0, 0.05) is 0 Å². The lowest BCUT2D eigenvalue weighted by atomic mass is 10.4. The van der Waals surface area contributed by atoms with E-state index >= 15 is 0 Å². The Morgan fingerprint density at radius 3 is 0.958 bits per heavy atom. The van der Waals surface area contributed by atoms with Gasteiger partial charge in [-0.05, 0) is 71.2 Å². The molecular weight excluding hydrogens is 401 g/mol. The third-order valence-electron chi connectivity index (χ3n) is 3.81. The van der Waals surface area contributed by atoms with Crippen molar-refractivity contribution in [2.45, 2.75) is 3.53 Å². The molecule has 0 radical (unpaired) electrons. The Balaban J connectivity index is 0.00000208. The number of rotatable bonds is 3.